The maximum Gasteiger partial charge on any atom is 0.414 e. The number of hydrogen-bond acceptors (Lipinski definition) is 6. The molecule has 1 amide bonds. The highest BCUT2D eigenvalue weighted by Crippen LogP contribution is 2.24. The standard InChI is InChI=1S/C24H30N2O6S/c1-31-23(27)14-17-33(29,30)26-16-6-5-11-22(26)13-12-20-10-7-15-25(18-20)24(28)32-19-21-8-3-2-4-9-21/h2-4,8-9,12-14,17-18,22H,5-7,10-11,15-16,19H2,1H3/b13-12+,17-14+/t22-/m1/s1. The Balaban J connectivity index is 1.64. The highest BCUT2D eigenvalue weighted by atomic mass is 32.2. The molecule has 0 unspecified atom stereocenters. The second kappa shape index (κ2) is 11.8. The number of sulfonamides is 1. The summed E-state index contributed by atoms with van der Waals surface area (Å²) >= 11 is 0. The predicted molar refractivity (Wildman–Crippen MR) is 124 cm³/mol. The van der Waals surface area contributed by atoms with E-state index in [0.29, 0.717) is 19.5 Å². The number of esters is 1. The molecular weight excluding hydrogens is 444 g/mol. The van der Waals surface area contributed by atoms with Gasteiger partial charge in [-0.3, -0.25) is 4.90 Å². The molecule has 1 saturated heterocycles. The molecule has 8 nitrogen and oxygen atoms in total. The monoisotopic (exact) mass is 474 g/mol. The zero-order valence-electron chi connectivity index (χ0n) is 18.8. The Morgan fingerprint density at radius 1 is 1.12 bits per heavy atom. The SMILES string of the molecule is COC(=O)/C=C/S(=O)(=O)N1CCCC[C@@H]1/C=C/C1=CN(C(=O)OCc2ccccc2)CCC1. The summed E-state index contributed by atoms with van der Waals surface area (Å²) < 4.78 is 36.7. The van der Waals surface area contributed by atoms with Crippen LogP contribution in [0.5, 0.6) is 0 Å². The third-order valence-electron chi connectivity index (χ3n) is 5.56. The average Bonchev–Trinajstić information content (AvgIpc) is 2.85. The number of methoxy groups -OCH3 is 1. The van der Waals surface area contributed by atoms with Crippen molar-refractivity contribution in [3.63, 3.8) is 0 Å². The molecule has 33 heavy (non-hydrogen) atoms. The zero-order chi connectivity index (χ0) is 23.7. The number of benzene rings is 1. The van der Waals surface area contributed by atoms with E-state index in [4.69, 9.17) is 4.74 Å². The van der Waals surface area contributed by atoms with Gasteiger partial charge in [-0.1, -0.05) is 48.9 Å². The fourth-order valence-corrected chi connectivity index (χ4v) is 5.19. The van der Waals surface area contributed by atoms with E-state index in [1.54, 1.807) is 11.1 Å². The van der Waals surface area contributed by atoms with Gasteiger partial charge < -0.3 is 9.47 Å². The third-order valence-corrected chi connectivity index (χ3v) is 7.15. The topological polar surface area (TPSA) is 93.2 Å². The number of rotatable bonds is 7. The molecule has 2 heterocycles. The first-order valence-corrected chi connectivity index (χ1v) is 12.5. The second-order valence-electron chi connectivity index (χ2n) is 7.94. The average molecular weight is 475 g/mol. The van der Waals surface area contributed by atoms with Crippen molar-refractivity contribution in [2.75, 3.05) is 20.2 Å². The molecule has 0 N–H and O–H groups in total. The number of carbonyl (C=O) groups excluding carboxylic acids is 2. The molecule has 0 aromatic heterocycles. The van der Waals surface area contributed by atoms with Crippen LogP contribution in [0, 0.1) is 0 Å². The van der Waals surface area contributed by atoms with Crippen LogP contribution in [-0.2, 0) is 30.9 Å². The molecule has 0 aliphatic carbocycles. The lowest BCUT2D eigenvalue weighted by Crippen LogP contribution is -2.41. The zero-order valence-corrected chi connectivity index (χ0v) is 19.6. The molecular formula is C24H30N2O6S. The molecule has 0 bridgehead atoms. The van der Waals surface area contributed by atoms with Gasteiger partial charge in [0.15, 0.2) is 0 Å². The Kier molecular flexibility index (Phi) is 8.85. The van der Waals surface area contributed by atoms with E-state index >= 15 is 0 Å². The number of nitrogens with zero attached hydrogens (tertiary/aromatic N) is 2. The summed E-state index contributed by atoms with van der Waals surface area (Å²) in [4.78, 5) is 25.3. The van der Waals surface area contributed by atoms with Crippen LogP contribution in [0.25, 0.3) is 0 Å². The Morgan fingerprint density at radius 2 is 1.91 bits per heavy atom. The minimum atomic E-state index is -3.75. The smallest absolute Gasteiger partial charge is 0.414 e. The van der Waals surface area contributed by atoms with Gasteiger partial charge in [-0.2, -0.15) is 4.31 Å². The predicted octanol–water partition coefficient (Wildman–Crippen LogP) is 3.73. The largest absolute Gasteiger partial charge is 0.466 e. The van der Waals surface area contributed by atoms with Crippen LogP contribution in [0.2, 0.25) is 0 Å². The number of amides is 1. The van der Waals surface area contributed by atoms with Crippen LogP contribution >= 0.6 is 0 Å². The Labute approximate surface area is 195 Å². The summed E-state index contributed by atoms with van der Waals surface area (Å²) in [6, 6.07) is 9.19. The van der Waals surface area contributed by atoms with Crippen molar-refractivity contribution in [1.82, 2.24) is 9.21 Å². The summed E-state index contributed by atoms with van der Waals surface area (Å²) in [7, 11) is -2.55. The van der Waals surface area contributed by atoms with E-state index in [2.05, 4.69) is 4.74 Å². The van der Waals surface area contributed by atoms with Gasteiger partial charge in [0.2, 0.25) is 10.0 Å². The maximum absolute atomic E-state index is 12.7. The Hall–Kier alpha value is -2.91. The molecule has 1 atom stereocenters. The molecule has 9 heteroatoms. The maximum atomic E-state index is 12.7. The number of carbonyl (C=O) groups is 2. The molecule has 2 aliphatic rings. The van der Waals surface area contributed by atoms with Crippen LogP contribution in [0.15, 0.2) is 65.7 Å². The molecule has 3 rings (SSSR count). The summed E-state index contributed by atoms with van der Waals surface area (Å²) in [6.45, 7) is 1.18. The lowest BCUT2D eigenvalue weighted by molar-refractivity contribution is -0.134. The van der Waals surface area contributed by atoms with E-state index in [1.807, 2.05) is 42.5 Å². The summed E-state index contributed by atoms with van der Waals surface area (Å²) in [5, 5.41) is 0.898. The number of ether oxygens (including phenoxy) is 2. The molecule has 0 spiro atoms. The van der Waals surface area contributed by atoms with Crippen LogP contribution in [0.1, 0.15) is 37.7 Å². The van der Waals surface area contributed by atoms with Crippen molar-refractivity contribution in [2.24, 2.45) is 0 Å². The fraction of sp³-hybridized carbons (Fsp3) is 0.417. The van der Waals surface area contributed by atoms with Crippen molar-refractivity contribution >= 4 is 22.1 Å². The van der Waals surface area contributed by atoms with Gasteiger partial charge in [0.25, 0.3) is 0 Å². The first-order valence-electron chi connectivity index (χ1n) is 11.0. The number of allylic oxidation sites excluding steroid dienone is 2. The van der Waals surface area contributed by atoms with Crippen molar-refractivity contribution in [2.45, 2.75) is 44.8 Å². The molecule has 2 aliphatic heterocycles. The van der Waals surface area contributed by atoms with Crippen molar-refractivity contribution in [1.29, 1.82) is 0 Å². The fourth-order valence-electron chi connectivity index (χ4n) is 3.82. The van der Waals surface area contributed by atoms with Crippen molar-refractivity contribution in [3.05, 3.63) is 71.3 Å². The third kappa shape index (κ3) is 7.30. The van der Waals surface area contributed by atoms with Crippen LogP contribution < -0.4 is 0 Å². The second-order valence-corrected chi connectivity index (χ2v) is 9.72. The van der Waals surface area contributed by atoms with Gasteiger partial charge in [-0.15, -0.1) is 0 Å². The van der Waals surface area contributed by atoms with Gasteiger partial charge in [0.1, 0.15) is 6.61 Å². The van der Waals surface area contributed by atoms with Gasteiger partial charge in [0.05, 0.1) is 12.5 Å². The van der Waals surface area contributed by atoms with Crippen molar-refractivity contribution in [3.8, 4) is 0 Å². The molecule has 1 aromatic rings. The Bertz CT molecular complexity index is 1020. The first kappa shape index (κ1) is 24.7. The van der Waals surface area contributed by atoms with Gasteiger partial charge in [-0.05, 0) is 36.8 Å². The van der Waals surface area contributed by atoms with E-state index in [9.17, 15) is 18.0 Å². The van der Waals surface area contributed by atoms with Gasteiger partial charge in [-0.25, -0.2) is 18.0 Å². The summed E-state index contributed by atoms with van der Waals surface area (Å²) in [6.07, 6.45) is 10.0. The minimum Gasteiger partial charge on any atom is -0.466 e. The van der Waals surface area contributed by atoms with Crippen LogP contribution in [-0.4, -0.2) is 55.9 Å². The number of piperidine rings is 1. The molecule has 1 fully saturated rings. The van der Waals surface area contributed by atoms with E-state index in [0.717, 1.165) is 48.3 Å². The highest BCUT2D eigenvalue weighted by Gasteiger charge is 2.29. The quantitative estimate of drug-likeness (QED) is 0.442. The summed E-state index contributed by atoms with van der Waals surface area (Å²) in [5.41, 5.74) is 1.86. The molecule has 178 valence electrons. The number of hydrogen-bond donors (Lipinski definition) is 0. The van der Waals surface area contributed by atoms with E-state index < -0.39 is 22.1 Å². The molecule has 1 aromatic carbocycles. The highest BCUT2D eigenvalue weighted by molar-refractivity contribution is 7.92. The lowest BCUT2D eigenvalue weighted by atomic mass is 10.0. The Morgan fingerprint density at radius 3 is 2.67 bits per heavy atom. The molecule has 0 radical (unpaired) electrons. The summed E-state index contributed by atoms with van der Waals surface area (Å²) in [5.74, 6) is -0.714. The molecule has 0 saturated carbocycles. The first-order chi connectivity index (χ1) is 15.9. The van der Waals surface area contributed by atoms with Crippen molar-refractivity contribution < 1.29 is 27.5 Å². The lowest BCUT2D eigenvalue weighted by Gasteiger charge is -2.32. The normalized spacial score (nSPS) is 20.1. The van der Waals surface area contributed by atoms with Crippen LogP contribution in [0.4, 0.5) is 4.79 Å². The van der Waals surface area contributed by atoms with Crippen LogP contribution in [0.3, 0.4) is 0 Å². The van der Waals surface area contributed by atoms with Gasteiger partial charge >= 0.3 is 12.1 Å². The van der Waals surface area contributed by atoms with E-state index in [-0.39, 0.29) is 12.6 Å². The van der Waals surface area contributed by atoms with E-state index in [1.165, 1.54) is 11.4 Å². The minimum absolute atomic E-state index is 0.211. The van der Waals surface area contributed by atoms with Gasteiger partial charge in [0, 0.05) is 31.4 Å².